The van der Waals surface area contributed by atoms with Crippen LogP contribution < -0.4 is 15.8 Å². The minimum atomic E-state index is -1.80. The zero-order chi connectivity index (χ0) is 7.68. The third-order valence-corrected chi connectivity index (χ3v) is 2.42. The molecule has 0 bridgehead atoms. The first-order valence-corrected chi connectivity index (χ1v) is 4.79. The number of hydrogen-bond donors (Lipinski definition) is 1. The molecule has 0 fully saturated rings. The molecule has 1 aromatic rings. The van der Waals surface area contributed by atoms with E-state index in [1.165, 1.54) is 0 Å². The van der Waals surface area contributed by atoms with E-state index in [-0.39, 0.29) is 0 Å². The van der Waals surface area contributed by atoms with Gasteiger partial charge in [-0.3, -0.25) is 9.76 Å². The third-order valence-electron chi connectivity index (χ3n) is 1.51. The molecule has 1 aliphatic rings. The molecule has 1 aromatic carbocycles. The van der Waals surface area contributed by atoms with Gasteiger partial charge < -0.3 is 0 Å². The molecule has 11 heavy (non-hydrogen) atoms. The van der Waals surface area contributed by atoms with Crippen LogP contribution in [0.15, 0.2) is 29.4 Å². The Bertz CT molecular complexity index is 413. The van der Waals surface area contributed by atoms with Crippen molar-refractivity contribution in [2.24, 2.45) is 5.10 Å². The Morgan fingerprint density at radius 2 is 2.18 bits per heavy atom. The van der Waals surface area contributed by atoms with Gasteiger partial charge in [-0.15, -0.1) is 0 Å². The Hall–Kier alpha value is -1.08. The van der Waals surface area contributed by atoms with Crippen LogP contribution in [0.2, 0.25) is 0 Å². The number of nitrogens with zero attached hydrogens (tertiary/aromatic N) is 1. The Morgan fingerprint density at radius 3 is 3.09 bits per heavy atom. The fourth-order valence-corrected chi connectivity index (χ4v) is 1.82. The van der Waals surface area contributed by atoms with E-state index in [4.69, 9.17) is 0 Å². The van der Waals surface area contributed by atoms with E-state index < -0.39 is 7.95 Å². The maximum atomic E-state index is 11.0. The monoisotopic (exact) mass is 166 g/mol. The zero-order valence-corrected chi connectivity index (χ0v) is 6.74. The van der Waals surface area contributed by atoms with E-state index in [2.05, 4.69) is 10.3 Å². The van der Waals surface area contributed by atoms with Crippen LogP contribution >= 0.6 is 7.95 Å². The van der Waals surface area contributed by atoms with Crippen molar-refractivity contribution in [1.82, 2.24) is 5.20 Å². The molecule has 4 heteroatoms. The van der Waals surface area contributed by atoms with Gasteiger partial charge in [0.15, 0.2) is 7.95 Å². The van der Waals surface area contributed by atoms with Crippen molar-refractivity contribution in [2.75, 3.05) is 0 Å². The summed E-state index contributed by atoms with van der Waals surface area (Å²) in [5.41, 5.74) is 0. The summed E-state index contributed by atoms with van der Waals surface area (Å²) < 4.78 is 11.0. The lowest BCUT2D eigenvalue weighted by Crippen LogP contribution is -2.28. The maximum absolute atomic E-state index is 11.0. The van der Waals surface area contributed by atoms with Gasteiger partial charge in [0.25, 0.3) is 0 Å². The van der Waals surface area contributed by atoms with E-state index in [9.17, 15) is 4.57 Å². The molecule has 1 aliphatic heterocycles. The molecule has 3 nitrogen and oxygen atoms in total. The predicted molar refractivity (Wildman–Crippen MR) is 43.8 cm³/mol. The van der Waals surface area contributed by atoms with Crippen LogP contribution in [0, 0.1) is 0 Å². The molecule has 1 atom stereocenters. The molecular weight excluding hydrogens is 159 g/mol. The first-order valence-electron chi connectivity index (χ1n) is 3.31. The van der Waals surface area contributed by atoms with Crippen LogP contribution in [-0.4, -0.2) is 0 Å². The summed E-state index contributed by atoms with van der Waals surface area (Å²) in [4.78, 5) is 0. The second-order valence-electron chi connectivity index (χ2n) is 2.29. The molecule has 0 saturated carbocycles. The summed E-state index contributed by atoms with van der Waals surface area (Å²) in [5.74, 6) is 1.72. The van der Waals surface area contributed by atoms with Gasteiger partial charge in [0.2, 0.25) is 0 Å². The number of nitrogens with one attached hydrogen (secondary N) is 1. The summed E-state index contributed by atoms with van der Waals surface area (Å²) in [6.07, 6.45) is 0. The molecule has 56 valence electrons. The topological polar surface area (TPSA) is 41.5 Å². The largest absolute Gasteiger partial charge is 0.298 e. The van der Waals surface area contributed by atoms with Gasteiger partial charge in [-0.2, -0.15) is 5.10 Å². The highest BCUT2D eigenvalue weighted by atomic mass is 31.1. The van der Waals surface area contributed by atoms with Crippen LogP contribution in [0.4, 0.5) is 0 Å². The SMILES string of the molecule is O=[PH]1C=c2ccccc2=NN1. The summed E-state index contributed by atoms with van der Waals surface area (Å²) in [5, 5.41) is 8.29. The minimum absolute atomic E-state index is 0.858. The molecule has 0 saturated heterocycles. The van der Waals surface area contributed by atoms with Gasteiger partial charge >= 0.3 is 0 Å². The Morgan fingerprint density at radius 1 is 1.36 bits per heavy atom. The highest BCUT2D eigenvalue weighted by molar-refractivity contribution is 7.51. The third kappa shape index (κ3) is 1.19. The second-order valence-corrected chi connectivity index (χ2v) is 3.53. The van der Waals surface area contributed by atoms with Gasteiger partial charge in [-0.05, 0) is 6.07 Å². The summed E-state index contributed by atoms with van der Waals surface area (Å²) in [6, 6.07) is 7.60. The Kier molecular flexibility index (Phi) is 1.51. The van der Waals surface area contributed by atoms with Crippen LogP contribution in [0.5, 0.6) is 0 Å². The van der Waals surface area contributed by atoms with E-state index in [0.717, 1.165) is 10.6 Å². The van der Waals surface area contributed by atoms with E-state index in [1.54, 1.807) is 5.82 Å². The molecule has 0 amide bonds. The molecule has 0 radical (unpaired) electrons. The Balaban J connectivity index is 2.83. The van der Waals surface area contributed by atoms with E-state index >= 15 is 0 Å². The number of rotatable bonds is 0. The number of benzene rings is 1. The zero-order valence-electron chi connectivity index (χ0n) is 5.74. The van der Waals surface area contributed by atoms with Gasteiger partial charge in [0.1, 0.15) is 0 Å². The Labute approximate surface area is 64.3 Å². The molecule has 2 rings (SSSR count). The van der Waals surface area contributed by atoms with Crippen molar-refractivity contribution < 1.29 is 4.57 Å². The van der Waals surface area contributed by atoms with Crippen LogP contribution in [0.1, 0.15) is 0 Å². The summed E-state index contributed by atoms with van der Waals surface area (Å²) in [7, 11) is -1.80. The molecule has 0 spiro atoms. The lowest BCUT2D eigenvalue weighted by Gasteiger charge is -2.00. The lowest BCUT2D eigenvalue weighted by molar-refractivity contribution is 0.586. The van der Waals surface area contributed by atoms with E-state index in [0.29, 0.717) is 0 Å². The van der Waals surface area contributed by atoms with Gasteiger partial charge in [-0.25, -0.2) is 0 Å². The van der Waals surface area contributed by atoms with Gasteiger partial charge in [0, 0.05) is 11.0 Å². The quantitative estimate of drug-likeness (QED) is 0.553. The maximum Gasteiger partial charge on any atom is 0.195 e. The van der Waals surface area contributed by atoms with Crippen LogP contribution in [0.3, 0.4) is 0 Å². The average molecular weight is 166 g/mol. The molecule has 0 aromatic heterocycles. The molecule has 1 unspecified atom stereocenters. The first-order chi connectivity index (χ1) is 5.36. The summed E-state index contributed by atoms with van der Waals surface area (Å²) in [6.45, 7) is 0. The van der Waals surface area contributed by atoms with Crippen molar-refractivity contribution in [1.29, 1.82) is 0 Å². The molecule has 1 heterocycles. The molecule has 1 N–H and O–H groups in total. The highest BCUT2D eigenvalue weighted by Crippen LogP contribution is 2.15. The predicted octanol–water partition coefficient (Wildman–Crippen LogP) is 0.0371. The second kappa shape index (κ2) is 2.51. The fourth-order valence-electron chi connectivity index (χ4n) is 1.00. The van der Waals surface area contributed by atoms with Gasteiger partial charge in [0.05, 0.1) is 5.36 Å². The van der Waals surface area contributed by atoms with Crippen LogP contribution in [-0.2, 0) is 4.57 Å². The summed E-state index contributed by atoms with van der Waals surface area (Å²) >= 11 is 0. The van der Waals surface area contributed by atoms with Crippen molar-refractivity contribution >= 4 is 13.8 Å². The van der Waals surface area contributed by atoms with Crippen LogP contribution in [0.25, 0.3) is 5.82 Å². The van der Waals surface area contributed by atoms with Crippen molar-refractivity contribution in [2.45, 2.75) is 0 Å². The van der Waals surface area contributed by atoms with Crippen molar-refractivity contribution in [3.63, 3.8) is 0 Å². The number of fused-ring (bicyclic) bond motifs is 1. The molecule has 0 aliphatic carbocycles. The lowest BCUT2D eigenvalue weighted by atomic mass is 10.3. The highest BCUT2D eigenvalue weighted by Gasteiger charge is 1.96. The van der Waals surface area contributed by atoms with Crippen molar-refractivity contribution in [3.05, 3.63) is 34.8 Å². The van der Waals surface area contributed by atoms with Crippen molar-refractivity contribution in [3.8, 4) is 0 Å². The average Bonchev–Trinajstić information content (AvgIpc) is 2.04. The smallest absolute Gasteiger partial charge is 0.195 e. The van der Waals surface area contributed by atoms with E-state index in [1.807, 2.05) is 24.3 Å². The number of hydrogen-bond acceptors (Lipinski definition) is 2. The minimum Gasteiger partial charge on any atom is -0.298 e. The first kappa shape index (κ1) is 6.62. The normalized spacial score (nSPS) is 20.5. The molecular formula is C7H7N2OP. The fraction of sp³-hybridized carbons (Fsp3) is 0. The standard InChI is InChI=1S/C7H7N2OP/c10-11-5-6-3-1-2-4-7(6)8-9-11/h1-5,11H,(H,9,10). The number of para-hydroxylation sites is 1. The van der Waals surface area contributed by atoms with Gasteiger partial charge in [-0.1, -0.05) is 18.2 Å².